The maximum atomic E-state index is 14.1. The summed E-state index contributed by atoms with van der Waals surface area (Å²) in [6, 6.07) is 22.3. The van der Waals surface area contributed by atoms with Gasteiger partial charge in [0.1, 0.15) is 6.61 Å². The lowest BCUT2D eigenvalue weighted by Gasteiger charge is -2.42. The van der Waals surface area contributed by atoms with Gasteiger partial charge in [-0.25, -0.2) is 19.1 Å². The Hall–Kier alpha value is -3.73. The number of ether oxygens (including phenoxy) is 1. The first-order valence-corrected chi connectivity index (χ1v) is 15.7. The van der Waals surface area contributed by atoms with Gasteiger partial charge < -0.3 is 4.74 Å². The van der Waals surface area contributed by atoms with Gasteiger partial charge in [0.2, 0.25) is 10.0 Å². The summed E-state index contributed by atoms with van der Waals surface area (Å²) in [5.74, 6) is 4.41. The Morgan fingerprint density at radius 3 is 2.07 bits per heavy atom. The fraction of sp³-hybridized carbons (Fsp3) is 0.375. The van der Waals surface area contributed by atoms with Crippen LogP contribution in [-0.2, 0) is 19.6 Å². The summed E-state index contributed by atoms with van der Waals surface area (Å²) < 4.78 is 35.1. The molecule has 4 N–H and O–H groups in total. The van der Waals surface area contributed by atoms with Crippen molar-refractivity contribution in [1.82, 2.24) is 15.0 Å². The van der Waals surface area contributed by atoms with Gasteiger partial charge in [0.15, 0.2) is 5.66 Å². The monoisotopic (exact) mass is 592 g/mol. The lowest BCUT2D eigenvalue weighted by molar-refractivity contribution is -0.133. The predicted molar refractivity (Wildman–Crippen MR) is 163 cm³/mol. The molecular formula is C32H40N4O5S. The van der Waals surface area contributed by atoms with Crippen molar-refractivity contribution in [3.05, 3.63) is 89.5 Å². The Bertz CT molecular complexity index is 1480. The van der Waals surface area contributed by atoms with Gasteiger partial charge in [0, 0.05) is 12.5 Å². The van der Waals surface area contributed by atoms with E-state index in [1.165, 1.54) is 12.1 Å². The number of unbranched alkanes of at least 4 members (excludes halogenated alkanes) is 1. The zero-order chi connectivity index (χ0) is 30.5. The third kappa shape index (κ3) is 6.21. The number of benzene rings is 3. The Kier molecular flexibility index (Phi) is 9.71. The Balaban J connectivity index is 1.70. The number of hydrazine groups is 1. The number of hydrogen-bond acceptors (Lipinski definition) is 6. The molecule has 4 rings (SSSR count). The smallest absolute Gasteiger partial charge is 0.409 e. The van der Waals surface area contributed by atoms with Crippen LogP contribution in [0.5, 0.6) is 0 Å². The van der Waals surface area contributed by atoms with E-state index in [2.05, 4.69) is 10.7 Å². The maximum absolute atomic E-state index is 14.1. The van der Waals surface area contributed by atoms with Crippen LogP contribution < -0.4 is 16.6 Å². The van der Waals surface area contributed by atoms with Crippen molar-refractivity contribution in [1.29, 1.82) is 0 Å². The molecule has 1 atom stereocenters. The molecule has 1 aliphatic rings. The fourth-order valence-electron chi connectivity index (χ4n) is 5.52. The van der Waals surface area contributed by atoms with E-state index in [-0.39, 0.29) is 36.3 Å². The number of carbonyl (C=O) groups excluding carboxylic acids is 2. The van der Waals surface area contributed by atoms with E-state index in [1.54, 1.807) is 12.1 Å². The van der Waals surface area contributed by atoms with Crippen molar-refractivity contribution in [3.8, 4) is 11.1 Å². The van der Waals surface area contributed by atoms with Crippen LogP contribution in [0.4, 0.5) is 4.79 Å². The lowest BCUT2D eigenvalue weighted by atomic mass is 9.98. The number of sulfonamides is 1. The van der Waals surface area contributed by atoms with E-state index >= 15 is 0 Å². The molecule has 0 spiro atoms. The number of amides is 2. The molecule has 3 aromatic carbocycles. The minimum atomic E-state index is -4.27. The van der Waals surface area contributed by atoms with Gasteiger partial charge in [-0.05, 0) is 60.1 Å². The molecule has 0 unspecified atom stereocenters. The first-order valence-electron chi connectivity index (χ1n) is 14.3. The van der Waals surface area contributed by atoms with E-state index in [4.69, 9.17) is 10.6 Å². The van der Waals surface area contributed by atoms with Gasteiger partial charge in [-0.15, -0.1) is 0 Å². The molecule has 10 heteroatoms. The van der Waals surface area contributed by atoms with Crippen molar-refractivity contribution < 1.29 is 22.7 Å². The molecule has 0 fully saturated rings. The van der Waals surface area contributed by atoms with E-state index in [0.29, 0.717) is 12.8 Å². The number of rotatable bonds is 12. The SMILES string of the molecule is CCCC[C@@](NC(=O)OCC1c2ccccc2-c2ccccc21)(C(=O)NN)N(CC(C)C)S(=O)(=O)c1ccc(C)cc1. The van der Waals surface area contributed by atoms with Crippen LogP contribution in [0.1, 0.15) is 62.6 Å². The predicted octanol–water partition coefficient (Wildman–Crippen LogP) is 5.06. The summed E-state index contributed by atoms with van der Waals surface area (Å²) in [4.78, 5) is 27.2. The number of fused-ring (bicyclic) bond motifs is 3. The minimum absolute atomic E-state index is 0.00283. The van der Waals surface area contributed by atoms with Crippen LogP contribution in [0, 0.1) is 12.8 Å². The fourth-order valence-corrected chi connectivity index (χ4v) is 7.38. The second-order valence-electron chi connectivity index (χ2n) is 11.1. The summed E-state index contributed by atoms with van der Waals surface area (Å²) in [5.41, 5.74) is 5.20. The summed E-state index contributed by atoms with van der Waals surface area (Å²) in [7, 11) is -4.27. The van der Waals surface area contributed by atoms with Crippen molar-refractivity contribution in [2.45, 2.75) is 63.4 Å². The van der Waals surface area contributed by atoms with Gasteiger partial charge in [0.25, 0.3) is 5.91 Å². The van der Waals surface area contributed by atoms with E-state index in [9.17, 15) is 18.0 Å². The van der Waals surface area contributed by atoms with Crippen molar-refractivity contribution in [3.63, 3.8) is 0 Å². The molecule has 1 aliphatic carbocycles. The lowest BCUT2D eigenvalue weighted by Crippen LogP contribution is -2.70. The first kappa shape index (κ1) is 31.2. The summed E-state index contributed by atoms with van der Waals surface area (Å²) in [5, 5.41) is 2.67. The van der Waals surface area contributed by atoms with Crippen LogP contribution >= 0.6 is 0 Å². The molecule has 0 heterocycles. The molecular weight excluding hydrogens is 552 g/mol. The molecule has 9 nitrogen and oxygen atoms in total. The zero-order valence-electron chi connectivity index (χ0n) is 24.6. The second-order valence-corrected chi connectivity index (χ2v) is 13.0. The third-order valence-electron chi connectivity index (χ3n) is 7.62. The quantitative estimate of drug-likeness (QED) is 0.117. The summed E-state index contributed by atoms with van der Waals surface area (Å²) in [6.45, 7) is 7.42. The van der Waals surface area contributed by atoms with Crippen LogP contribution in [0.25, 0.3) is 11.1 Å². The molecule has 0 radical (unpaired) electrons. The molecule has 0 saturated heterocycles. The summed E-state index contributed by atoms with van der Waals surface area (Å²) in [6.07, 6.45) is 0.166. The van der Waals surface area contributed by atoms with Crippen LogP contribution in [-0.4, -0.2) is 43.5 Å². The Morgan fingerprint density at radius 2 is 1.55 bits per heavy atom. The highest BCUT2D eigenvalue weighted by Gasteiger charge is 2.51. The topological polar surface area (TPSA) is 131 Å². The van der Waals surface area contributed by atoms with Crippen LogP contribution in [0.2, 0.25) is 0 Å². The Labute approximate surface area is 248 Å². The maximum Gasteiger partial charge on any atom is 0.409 e. The second kappa shape index (κ2) is 13.1. The number of alkyl carbamates (subject to hydrolysis) is 1. The van der Waals surface area contributed by atoms with Gasteiger partial charge in [-0.2, -0.15) is 4.31 Å². The normalized spacial score (nSPS) is 14.3. The van der Waals surface area contributed by atoms with E-state index < -0.39 is 27.7 Å². The number of hydrogen-bond donors (Lipinski definition) is 3. The molecule has 0 aromatic heterocycles. The highest BCUT2D eigenvalue weighted by atomic mass is 32.2. The van der Waals surface area contributed by atoms with Crippen molar-refractivity contribution in [2.75, 3.05) is 13.2 Å². The largest absolute Gasteiger partial charge is 0.449 e. The molecule has 224 valence electrons. The summed E-state index contributed by atoms with van der Waals surface area (Å²) >= 11 is 0. The molecule has 42 heavy (non-hydrogen) atoms. The molecule has 3 aromatic rings. The average Bonchev–Trinajstić information content (AvgIpc) is 3.30. The van der Waals surface area contributed by atoms with E-state index in [0.717, 1.165) is 32.1 Å². The average molecular weight is 593 g/mol. The number of aryl methyl sites for hydroxylation is 1. The van der Waals surface area contributed by atoms with Gasteiger partial charge in [-0.3, -0.25) is 15.5 Å². The van der Waals surface area contributed by atoms with Gasteiger partial charge >= 0.3 is 6.09 Å². The molecule has 0 aliphatic heterocycles. The van der Waals surface area contributed by atoms with Crippen molar-refractivity contribution in [2.24, 2.45) is 11.8 Å². The third-order valence-corrected chi connectivity index (χ3v) is 9.53. The number of carbonyl (C=O) groups is 2. The van der Waals surface area contributed by atoms with Crippen molar-refractivity contribution >= 4 is 22.0 Å². The number of nitrogens with zero attached hydrogens (tertiary/aromatic N) is 1. The van der Waals surface area contributed by atoms with Gasteiger partial charge in [-0.1, -0.05) is 93.4 Å². The molecule has 0 bridgehead atoms. The zero-order valence-corrected chi connectivity index (χ0v) is 25.4. The van der Waals surface area contributed by atoms with Crippen LogP contribution in [0.15, 0.2) is 77.7 Å². The van der Waals surface area contributed by atoms with Gasteiger partial charge in [0.05, 0.1) is 4.90 Å². The minimum Gasteiger partial charge on any atom is -0.449 e. The number of nitrogens with one attached hydrogen (secondary N) is 2. The first-order chi connectivity index (χ1) is 20.0. The Morgan fingerprint density at radius 1 is 0.976 bits per heavy atom. The highest BCUT2D eigenvalue weighted by molar-refractivity contribution is 7.89. The standard InChI is InChI=1S/C32H40N4O5S/c1-5-6-19-32(30(37)35-33,36(20-22(2)3)42(39,40)24-17-15-23(4)16-18-24)34-31(38)41-21-29-27-13-9-7-11-25(27)26-12-8-10-14-28(26)29/h7-18,22,29H,5-6,19-21,33H2,1-4H3,(H,34,38)(H,35,37)/t32-/m0/s1. The van der Waals surface area contributed by atoms with E-state index in [1.807, 2.05) is 76.2 Å². The molecule has 2 amide bonds. The highest BCUT2D eigenvalue weighted by Crippen LogP contribution is 2.44. The number of nitrogens with two attached hydrogens (primary N) is 1. The molecule has 0 saturated carbocycles. The van der Waals surface area contributed by atoms with Crippen LogP contribution in [0.3, 0.4) is 0 Å².